The van der Waals surface area contributed by atoms with Gasteiger partial charge in [0, 0.05) is 24.7 Å². The van der Waals surface area contributed by atoms with Gasteiger partial charge in [-0.2, -0.15) is 4.98 Å². The third kappa shape index (κ3) is 5.71. The zero-order valence-electron chi connectivity index (χ0n) is 16.6. The van der Waals surface area contributed by atoms with Crippen molar-refractivity contribution in [1.29, 1.82) is 0 Å². The van der Waals surface area contributed by atoms with Gasteiger partial charge in [0.25, 0.3) is 0 Å². The fraction of sp³-hybridized carbons (Fsp3) is 0.304. The molecule has 28 heavy (non-hydrogen) atoms. The van der Waals surface area contributed by atoms with Gasteiger partial charge < -0.3 is 15.4 Å². The van der Waals surface area contributed by atoms with Crippen LogP contribution in [0.25, 0.3) is 11.3 Å². The van der Waals surface area contributed by atoms with Crippen LogP contribution in [0.15, 0.2) is 60.7 Å². The summed E-state index contributed by atoms with van der Waals surface area (Å²) in [7, 11) is 1.68. The lowest BCUT2D eigenvalue weighted by Crippen LogP contribution is -2.11. The number of hydrogen-bond donors (Lipinski definition) is 2. The number of rotatable bonds is 10. The molecule has 0 amide bonds. The van der Waals surface area contributed by atoms with E-state index in [1.165, 1.54) is 5.56 Å². The Balaban J connectivity index is 1.69. The molecule has 0 aliphatic carbocycles. The molecule has 3 aromatic rings. The Morgan fingerprint density at radius 1 is 0.893 bits per heavy atom. The molecule has 2 aromatic carbocycles. The molecule has 0 atom stereocenters. The van der Waals surface area contributed by atoms with Crippen LogP contribution in [0.3, 0.4) is 0 Å². The monoisotopic (exact) mass is 376 g/mol. The third-order valence-corrected chi connectivity index (χ3v) is 4.49. The minimum absolute atomic E-state index is 0.647. The van der Waals surface area contributed by atoms with Gasteiger partial charge in [0.2, 0.25) is 5.95 Å². The Bertz CT molecular complexity index is 850. The fourth-order valence-corrected chi connectivity index (χ4v) is 2.88. The molecule has 0 radical (unpaired) electrons. The van der Waals surface area contributed by atoms with E-state index in [9.17, 15) is 0 Å². The minimum atomic E-state index is 0.647. The lowest BCUT2D eigenvalue weighted by molar-refractivity contribution is 0.414. The first kappa shape index (κ1) is 19.7. The maximum absolute atomic E-state index is 5.21. The quantitative estimate of drug-likeness (QED) is 0.487. The van der Waals surface area contributed by atoms with Crippen molar-refractivity contribution in [3.63, 3.8) is 0 Å². The molecule has 2 N–H and O–H groups in total. The summed E-state index contributed by atoms with van der Waals surface area (Å²) in [6.45, 7) is 3.86. The van der Waals surface area contributed by atoms with E-state index in [1.54, 1.807) is 7.11 Å². The Morgan fingerprint density at radius 3 is 2.39 bits per heavy atom. The molecule has 5 nitrogen and oxygen atoms in total. The molecule has 0 aliphatic rings. The molecule has 0 saturated heterocycles. The summed E-state index contributed by atoms with van der Waals surface area (Å²) in [6, 6.07) is 20.3. The molecule has 0 saturated carbocycles. The number of hydrogen-bond acceptors (Lipinski definition) is 5. The maximum Gasteiger partial charge on any atom is 0.225 e. The van der Waals surface area contributed by atoms with E-state index < -0.39 is 0 Å². The van der Waals surface area contributed by atoms with Crippen molar-refractivity contribution in [2.45, 2.75) is 26.2 Å². The van der Waals surface area contributed by atoms with Gasteiger partial charge in [-0.1, -0.05) is 55.8 Å². The number of aromatic nitrogens is 2. The molecule has 3 rings (SSSR count). The van der Waals surface area contributed by atoms with E-state index in [4.69, 9.17) is 9.72 Å². The lowest BCUT2D eigenvalue weighted by atomic mass is 10.1. The van der Waals surface area contributed by atoms with E-state index in [-0.39, 0.29) is 0 Å². The van der Waals surface area contributed by atoms with Crippen LogP contribution in [0, 0.1) is 0 Å². The molecule has 0 fully saturated rings. The van der Waals surface area contributed by atoms with Gasteiger partial charge in [-0.25, -0.2) is 4.98 Å². The normalized spacial score (nSPS) is 10.5. The van der Waals surface area contributed by atoms with Crippen molar-refractivity contribution in [1.82, 2.24) is 9.97 Å². The van der Waals surface area contributed by atoms with Gasteiger partial charge in [-0.15, -0.1) is 0 Å². The summed E-state index contributed by atoms with van der Waals surface area (Å²) in [4.78, 5) is 9.34. The van der Waals surface area contributed by atoms with Gasteiger partial charge >= 0.3 is 0 Å². The molecule has 0 spiro atoms. The van der Waals surface area contributed by atoms with Crippen molar-refractivity contribution in [2.24, 2.45) is 0 Å². The van der Waals surface area contributed by atoms with Gasteiger partial charge in [0.1, 0.15) is 11.6 Å². The van der Waals surface area contributed by atoms with Crippen LogP contribution in [-0.4, -0.2) is 30.2 Å². The Hall–Kier alpha value is -3.08. The number of anilines is 2. The highest BCUT2D eigenvalue weighted by Gasteiger charge is 2.07. The summed E-state index contributed by atoms with van der Waals surface area (Å²) < 4.78 is 5.21. The largest absolute Gasteiger partial charge is 0.497 e. The number of nitrogens with one attached hydrogen (secondary N) is 2. The first-order chi connectivity index (χ1) is 13.8. The standard InChI is InChI=1S/C23H28N4O/c1-3-4-15-24-22-17-21(19-8-6-5-7-9-19)26-23(27-22)25-16-14-18-10-12-20(28-2)13-11-18/h5-13,17H,3-4,14-16H2,1-2H3,(H2,24,25,26,27). The van der Waals surface area contributed by atoms with Crippen LogP contribution >= 0.6 is 0 Å². The second-order valence-electron chi connectivity index (χ2n) is 6.63. The number of benzene rings is 2. The van der Waals surface area contributed by atoms with Gasteiger partial charge in [-0.3, -0.25) is 0 Å². The Labute approximate surface area is 167 Å². The molecule has 0 bridgehead atoms. The van der Waals surface area contributed by atoms with Gasteiger partial charge in [0.15, 0.2) is 0 Å². The molecular formula is C23H28N4O. The topological polar surface area (TPSA) is 59.1 Å². The Kier molecular flexibility index (Phi) is 7.24. The highest BCUT2D eigenvalue weighted by molar-refractivity contribution is 5.64. The van der Waals surface area contributed by atoms with Crippen LogP contribution in [-0.2, 0) is 6.42 Å². The maximum atomic E-state index is 5.21. The second kappa shape index (κ2) is 10.3. The first-order valence-electron chi connectivity index (χ1n) is 9.83. The van der Waals surface area contributed by atoms with Gasteiger partial charge in [0.05, 0.1) is 12.8 Å². The van der Waals surface area contributed by atoms with E-state index in [0.29, 0.717) is 5.95 Å². The van der Waals surface area contributed by atoms with Crippen LogP contribution in [0.5, 0.6) is 5.75 Å². The van der Waals surface area contributed by atoms with E-state index in [0.717, 1.165) is 55.2 Å². The number of unbranched alkanes of at least 4 members (excludes halogenated alkanes) is 1. The average molecular weight is 377 g/mol. The zero-order chi connectivity index (χ0) is 19.6. The molecule has 1 aromatic heterocycles. The lowest BCUT2D eigenvalue weighted by Gasteiger charge is -2.11. The van der Waals surface area contributed by atoms with E-state index in [1.807, 2.05) is 36.4 Å². The van der Waals surface area contributed by atoms with Crippen LogP contribution in [0.1, 0.15) is 25.3 Å². The molecule has 146 valence electrons. The SMILES string of the molecule is CCCCNc1cc(-c2ccccc2)nc(NCCc2ccc(OC)cc2)n1. The summed E-state index contributed by atoms with van der Waals surface area (Å²) in [5.41, 5.74) is 3.25. The van der Waals surface area contributed by atoms with Gasteiger partial charge in [-0.05, 0) is 30.5 Å². The summed E-state index contributed by atoms with van der Waals surface area (Å²) in [5.74, 6) is 2.38. The van der Waals surface area contributed by atoms with Crippen LogP contribution in [0.2, 0.25) is 0 Å². The van der Waals surface area contributed by atoms with E-state index >= 15 is 0 Å². The number of methoxy groups -OCH3 is 1. The first-order valence-corrected chi connectivity index (χ1v) is 9.83. The zero-order valence-corrected chi connectivity index (χ0v) is 16.6. The molecule has 0 aliphatic heterocycles. The number of ether oxygens (including phenoxy) is 1. The van der Waals surface area contributed by atoms with E-state index in [2.05, 4.69) is 46.8 Å². The van der Waals surface area contributed by atoms with Crippen molar-refractivity contribution in [2.75, 3.05) is 30.8 Å². The van der Waals surface area contributed by atoms with Crippen molar-refractivity contribution in [3.8, 4) is 17.0 Å². The number of nitrogens with zero attached hydrogens (tertiary/aromatic N) is 2. The summed E-state index contributed by atoms with van der Waals surface area (Å²) in [6.07, 6.45) is 3.16. The minimum Gasteiger partial charge on any atom is -0.497 e. The summed E-state index contributed by atoms with van der Waals surface area (Å²) >= 11 is 0. The second-order valence-corrected chi connectivity index (χ2v) is 6.63. The van der Waals surface area contributed by atoms with Crippen molar-refractivity contribution < 1.29 is 4.74 Å². The van der Waals surface area contributed by atoms with Crippen LogP contribution < -0.4 is 15.4 Å². The average Bonchev–Trinajstić information content (AvgIpc) is 2.75. The molecule has 5 heteroatoms. The molecular weight excluding hydrogens is 348 g/mol. The summed E-state index contributed by atoms with van der Waals surface area (Å²) in [5, 5.41) is 6.78. The van der Waals surface area contributed by atoms with Crippen molar-refractivity contribution in [3.05, 3.63) is 66.2 Å². The van der Waals surface area contributed by atoms with Crippen LogP contribution in [0.4, 0.5) is 11.8 Å². The van der Waals surface area contributed by atoms with Crippen molar-refractivity contribution >= 4 is 11.8 Å². The fourth-order valence-electron chi connectivity index (χ4n) is 2.88. The predicted octanol–water partition coefficient (Wildman–Crippen LogP) is 5.02. The molecule has 0 unspecified atom stereocenters. The third-order valence-electron chi connectivity index (χ3n) is 4.49. The Morgan fingerprint density at radius 2 is 1.68 bits per heavy atom. The highest BCUT2D eigenvalue weighted by Crippen LogP contribution is 2.21. The molecule has 1 heterocycles. The highest BCUT2D eigenvalue weighted by atomic mass is 16.5. The predicted molar refractivity (Wildman–Crippen MR) is 116 cm³/mol. The smallest absolute Gasteiger partial charge is 0.225 e.